The number of alkyl halides is 2. The van der Waals surface area contributed by atoms with Gasteiger partial charge in [0.2, 0.25) is 0 Å². The number of fused-ring (bicyclic) bond motifs is 2. The number of allylic oxidation sites excluding steroid dienone is 3. The first-order valence-electron chi connectivity index (χ1n) is 11.1. The molecule has 1 aliphatic heterocycles. The van der Waals surface area contributed by atoms with Crippen LogP contribution in [0.25, 0.3) is 0 Å². The van der Waals surface area contributed by atoms with Gasteiger partial charge in [0.15, 0.2) is 17.2 Å². The average molecular weight is 495 g/mol. The van der Waals surface area contributed by atoms with E-state index in [1.54, 1.807) is 13.8 Å². The van der Waals surface area contributed by atoms with Crippen molar-refractivity contribution in [3.63, 3.8) is 0 Å². The number of phenols is 2. The number of halogens is 2. The van der Waals surface area contributed by atoms with E-state index in [1.165, 1.54) is 18.6 Å². The van der Waals surface area contributed by atoms with Crippen molar-refractivity contribution >= 4 is 34.8 Å². The van der Waals surface area contributed by atoms with Gasteiger partial charge in [-0.2, -0.15) is 0 Å². The van der Waals surface area contributed by atoms with E-state index in [4.69, 9.17) is 27.9 Å². The van der Waals surface area contributed by atoms with Crippen molar-refractivity contribution in [3.05, 3.63) is 46.1 Å². The first-order chi connectivity index (χ1) is 15.2. The third kappa shape index (κ3) is 4.13. The summed E-state index contributed by atoms with van der Waals surface area (Å²) in [5.74, 6) is -1.87. The topological polar surface area (TPSA) is 83.8 Å². The zero-order valence-electron chi connectivity index (χ0n) is 20.0. The SMILES string of the molecule is CC(C)=CCC/C(C)=C/CC12OC(C)(C)C(Cl)CC1(Cl)C(=O)c1c(cc(O)c(C)c1O)C2=O. The van der Waals surface area contributed by atoms with E-state index in [0.29, 0.717) is 0 Å². The Kier molecular flexibility index (Phi) is 6.84. The summed E-state index contributed by atoms with van der Waals surface area (Å²) in [7, 11) is 0. The molecule has 3 rings (SSSR count). The molecule has 1 aromatic carbocycles. The molecule has 0 bridgehead atoms. The van der Waals surface area contributed by atoms with Crippen LogP contribution in [-0.2, 0) is 4.74 Å². The highest BCUT2D eigenvalue weighted by molar-refractivity contribution is 6.45. The number of ketones is 2. The minimum absolute atomic E-state index is 0.00283. The third-order valence-corrected chi connectivity index (χ3v) is 8.16. The molecule has 1 aromatic rings. The first-order valence-corrected chi connectivity index (χ1v) is 12.0. The smallest absolute Gasteiger partial charge is 0.198 e. The largest absolute Gasteiger partial charge is 0.508 e. The number of carbonyl (C=O) groups is 2. The van der Waals surface area contributed by atoms with E-state index < -0.39 is 38.8 Å². The van der Waals surface area contributed by atoms with E-state index in [9.17, 15) is 19.8 Å². The molecule has 5 nitrogen and oxygen atoms in total. The van der Waals surface area contributed by atoms with Crippen LogP contribution in [0.15, 0.2) is 29.4 Å². The number of Topliss-reactive ketones (excluding diaryl/α,β-unsaturated/α-hetero) is 2. The molecule has 7 heteroatoms. The van der Waals surface area contributed by atoms with Crippen LogP contribution in [0.2, 0.25) is 0 Å². The van der Waals surface area contributed by atoms with Crippen molar-refractivity contribution in [2.75, 3.05) is 0 Å². The van der Waals surface area contributed by atoms with E-state index >= 15 is 0 Å². The van der Waals surface area contributed by atoms with Gasteiger partial charge in [0.25, 0.3) is 0 Å². The van der Waals surface area contributed by atoms with Crippen LogP contribution >= 0.6 is 23.2 Å². The molecule has 1 saturated heterocycles. The van der Waals surface area contributed by atoms with Gasteiger partial charge in [-0.3, -0.25) is 9.59 Å². The van der Waals surface area contributed by atoms with Crippen LogP contribution in [0.4, 0.5) is 0 Å². The number of rotatable bonds is 5. The summed E-state index contributed by atoms with van der Waals surface area (Å²) in [5.41, 5.74) is -0.557. The maximum absolute atomic E-state index is 14.0. The standard InChI is InChI=1S/C26H32Cl2O5/c1-14(2)8-7-9-15(3)10-11-26-22(31)17-12-18(29)16(4)21(30)20(17)23(32)25(26,28)13-19(27)24(5,6)33-26/h8,10,12,19,29-30H,7,9,11,13H2,1-6H3/b15-10+. The minimum Gasteiger partial charge on any atom is -0.508 e. The van der Waals surface area contributed by atoms with Gasteiger partial charge in [-0.1, -0.05) is 23.3 Å². The molecule has 1 fully saturated rings. The van der Waals surface area contributed by atoms with Gasteiger partial charge < -0.3 is 14.9 Å². The number of benzene rings is 1. The zero-order chi connectivity index (χ0) is 24.9. The molecular formula is C26H32Cl2O5. The monoisotopic (exact) mass is 494 g/mol. The quantitative estimate of drug-likeness (QED) is 0.365. The minimum atomic E-state index is -1.80. The van der Waals surface area contributed by atoms with Crippen LogP contribution in [0.1, 0.15) is 86.6 Å². The molecule has 2 N–H and O–H groups in total. The Bertz CT molecular complexity index is 1070. The lowest BCUT2D eigenvalue weighted by atomic mass is 9.63. The summed E-state index contributed by atoms with van der Waals surface area (Å²) in [5, 5.41) is 20.3. The average Bonchev–Trinajstić information content (AvgIpc) is 2.71. The molecule has 3 atom stereocenters. The first kappa shape index (κ1) is 25.8. The normalized spacial score (nSPS) is 28.8. The second-order valence-electron chi connectivity index (χ2n) is 10.0. The van der Waals surface area contributed by atoms with Gasteiger partial charge in [0, 0.05) is 17.5 Å². The molecule has 1 heterocycles. The van der Waals surface area contributed by atoms with Crippen LogP contribution in [-0.4, -0.2) is 43.2 Å². The predicted octanol–water partition coefficient (Wildman–Crippen LogP) is 6.39. The van der Waals surface area contributed by atoms with Gasteiger partial charge in [-0.05, 0) is 66.9 Å². The van der Waals surface area contributed by atoms with Crippen molar-refractivity contribution in [1.82, 2.24) is 0 Å². The lowest BCUT2D eigenvalue weighted by Gasteiger charge is -2.56. The molecule has 2 aliphatic rings. The summed E-state index contributed by atoms with van der Waals surface area (Å²) in [6, 6.07) is 1.22. The fourth-order valence-corrected chi connectivity index (χ4v) is 5.44. The van der Waals surface area contributed by atoms with E-state index in [2.05, 4.69) is 6.08 Å². The van der Waals surface area contributed by atoms with Crippen molar-refractivity contribution in [2.45, 2.75) is 88.7 Å². The van der Waals surface area contributed by atoms with Crippen LogP contribution in [0, 0.1) is 6.92 Å². The molecule has 180 valence electrons. The van der Waals surface area contributed by atoms with Gasteiger partial charge in [-0.15, -0.1) is 23.2 Å². The maximum atomic E-state index is 14.0. The summed E-state index contributed by atoms with van der Waals surface area (Å²) in [6.07, 6.45) is 5.75. The number of ether oxygens (including phenoxy) is 1. The Hall–Kier alpha value is -1.82. The van der Waals surface area contributed by atoms with Crippen molar-refractivity contribution in [3.8, 4) is 11.5 Å². The fourth-order valence-electron chi connectivity index (χ4n) is 4.64. The van der Waals surface area contributed by atoms with Crippen molar-refractivity contribution < 1.29 is 24.5 Å². The molecule has 33 heavy (non-hydrogen) atoms. The number of carbonyl (C=O) groups excluding carboxylic acids is 2. The second-order valence-corrected chi connectivity index (χ2v) is 11.2. The summed E-state index contributed by atoms with van der Waals surface area (Å²) < 4.78 is 6.37. The highest BCUT2D eigenvalue weighted by Gasteiger charge is 2.70. The van der Waals surface area contributed by atoms with Gasteiger partial charge in [-0.25, -0.2) is 0 Å². The summed E-state index contributed by atoms with van der Waals surface area (Å²) >= 11 is 13.6. The Balaban J connectivity index is 2.17. The van der Waals surface area contributed by atoms with Crippen molar-refractivity contribution in [1.29, 1.82) is 0 Å². The Morgan fingerprint density at radius 1 is 1.18 bits per heavy atom. The number of hydrogen-bond donors (Lipinski definition) is 2. The molecule has 0 saturated carbocycles. The molecular weight excluding hydrogens is 463 g/mol. The lowest BCUT2D eigenvalue weighted by molar-refractivity contribution is -0.157. The molecule has 3 unspecified atom stereocenters. The number of phenolic OH excluding ortho intramolecular Hbond substituents is 2. The molecule has 0 spiro atoms. The number of aromatic hydroxyl groups is 2. The van der Waals surface area contributed by atoms with Crippen LogP contribution < -0.4 is 0 Å². The Morgan fingerprint density at radius 2 is 1.82 bits per heavy atom. The Morgan fingerprint density at radius 3 is 2.42 bits per heavy atom. The second kappa shape index (κ2) is 8.75. The summed E-state index contributed by atoms with van der Waals surface area (Å²) in [6.45, 7) is 11.0. The Labute approximate surface area is 205 Å². The summed E-state index contributed by atoms with van der Waals surface area (Å²) in [4.78, 5) is 26.0. The van der Waals surface area contributed by atoms with Crippen molar-refractivity contribution in [2.24, 2.45) is 0 Å². The van der Waals surface area contributed by atoms with Gasteiger partial charge >= 0.3 is 0 Å². The molecule has 1 aliphatic carbocycles. The van der Waals surface area contributed by atoms with E-state index in [-0.39, 0.29) is 35.3 Å². The van der Waals surface area contributed by atoms with Gasteiger partial charge in [0.1, 0.15) is 16.4 Å². The zero-order valence-corrected chi connectivity index (χ0v) is 21.5. The highest BCUT2D eigenvalue weighted by Crippen LogP contribution is 2.57. The molecule has 0 radical (unpaired) electrons. The van der Waals surface area contributed by atoms with E-state index in [1.807, 2.05) is 26.8 Å². The predicted molar refractivity (Wildman–Crippen MR) is 131 cm³/mol. The van der Waals surface area contributed by atoms with Crippen LogP contribution in [0.3, 0.4) is 0 Å². The third-order valence-electron chi connectivity index (χ3n) is 6.85. The molecule has 0 aromatic heterocycles. The van der Waals surface area contributed by atoms with Crippen LogP contribution in [0.5, 0.6) is 11.5 Å². The fraction of sp³-hybridized carbons (Fsp3) is 0.538. The maximum Gasteiger partial charge on any atom is 0.198 e. The highest BCUT2D eigenvalue weighted by atomic mass is 35.5. The lowest BCUT2D eigenvalue weighted by Crippen LogP contribution is -2.72. The van der Waals surface area contributed by atoms with E-state index in [0.717, 1.165) is 18.4 Å². The van der Waals surface area contributed by atoms with Gasteiger partial charge in [0.05, 0.1) is 16.5 Å². The number of hydrogen-bond acceptors (Lipinski definition) is 5. The molecule has 0 amide bonds.